The Labute approximate surface area is 167 Å². The first-order valence-corrected chi connectivity index (χ1v) is 9.21. The van der Waals surface area contributed by atoms with E-state index in [-0.39, 0.29) is 24.8 Å². The number of anilines is 2. The Morgan fingerprint density at radius 1 is 1.10 bits per heavy atom. The lowest BCUT2D eigenvalue weighted by Crippen LogP contribution is -2.29. The van der Waals surface area contributed by atoms with Gasteiger partial charge in [0, 0.05) is 24.5 Å². The maximum Gasteiger partial charge on any atom is 0.339 e. The standard InChI is InChI=1S/C22H19N3O4/c1-29-22(28)16-8-2-3-10-18(16)25-13-15(12-19(25)26)21(27)24-17-9-4-6-14-7-5-11-23-20(14)17/h2-11,15H,12-13H2,1H3,(H,24,27). The number of carbonyl (C=O) groups excluding carboxylic acids is 3. The Bertz CT molecular complexity index is 1110. The van der Waals surface area contributed by atoms with Crippen molar-refractivity contribution in [2.24, 2.45) is 5.92 Å². The second kappa shape index (κ2) is 7.71. The first-order chi connectivity index (χ1) is 14.1. The number of nitrogens with zero attached hydrogens (tertiary/aromatic N) is 2. The molecule has 146 valence electrons. The maximum atomic E-state index is 12.8. The molecule has 7 heteroatoms. The fourth-order valence-corrected chi connectivity index (χ4v) is 3.55. The van der Waals surface area contributed by atoms with Crippen LogP contribution in [0.25, 0.3) is 10.9 Å². The molecule has 1 aromatic heterocycles. The molecule has 1 N–H and O–H groups in total. The number of para-hydroxylation sites is 2. The van der Waals surface area contributed by atoms with Crippen LogP contribution in [0.4, 0.5) is 11.4 Å². The monoisotopic (exact) mass is 389 g/mol. The van der Waals surface area contributed by atoms with Gasteiger partial charge in [0.2, 0.25) is 11.8 Å². The van der Waals surface area contributed by atoms with E-state index in [9.17, 15) is 14.4 Å². The van der Waals surface area contributed by atoms with Crippen molar-refractivity contribution in [2.75, 3.05) is 23.9 Å². The highest BCUT2D eigenvalue weighted by molar-refractivity contribution is 6.08. The molecule has 1 unspecified atom stereocenters. The third kappa shape index (κ3) is 3.54. The zero-order chi connectivity index (χ0) is 20.4. The molecule has 1 fully saturated rings. The summed E-state index contributed by atoms with van der Waals surface area (Å²) >= 11 is 0. The molecule has 4 rings (SSSR count). The van der Waals surface area contributed by atoms with E-state index in [4.69, 9.17) is 4.74 Å². The molecule has 29 heavy (non-hydrogen) atoms. The van der Waals surface area contributed by atoms with E-state index in [0.29, 0.717) is 22.5 Å². The zero-order valence-corrected chi connectivity index (χ0v) is 15.8. The Balaban J connectivity index is 1.55. The Hall–Kier alpha value is -3.74. The van der Waals surface area contributed by atoms with Crippen molar-refractivity contribution in [1.82, 2.24) is 4.98 Å². The van der Waals surface area contributed by atoms with E-state index >= 15 is 0 Å². The van der Waals surface area contributed by atoms with Crippen LogP contribution >= 0.6 is 0 Å². The average molecular weight is 389 g/mol. The number of pyridine rings is 1. The van der Waals surface area contributed by atoms with E-state index in [1.165, 1.54) is 12.0 Å². The van der Waals surface area contributed by atoms with E-state index in [1.54, 1.807) is 36.5 Å². The zero-order valence-electron chi connectivity index (χ0n) is 15.8. The number of amides is 2. The van der Waals surface area contributed by atoms with E-state index in [0.717, 1.165) is 5.39 Å². The van der Waals surface area contributed by atoms with Gasteiger partial charge in [0.15, 0.2) is 0 Å². The third-order valence-corrected chi connectivity index (χ3v) is 4.99. The van der Waals surface area contributed by atoms with Gasteiger partial charge in [-0.3, -0.25) is 14.6 Å². The highest BCUT2D eigenvalue weighted by atomic mass is 16.5. The summed E-state index contributed by atoms with van der Waals surface area (Å²) in [4.78, 5) is 43.3. The Kier molecular flexibility index (Phi) is 4.95. The topological polar surface area (TPSA) is 88.6 Å². The largest absolute Gasteiger partial charge is 0.465 e. The number of hydrogen-bond donors (Lipinski definition) is 1. The number of esters is 1. The number of methoxy groups -OCH3 is 1. The van der Waals surface area contributed by atoms with Crippen molar-refractivity contribution in [3.05, 3.63) is 66.4 Å². The molecule has 7 nitrogen and oxygen atoms in total. The summed E-state index contributed by atoms with van der Waals surface area (Å²) in [5, 5.41) is 3.81. The van der Waals surface area contributed by atoms with Gasteiger partial charge in [-0.25, -0.2) is 4.79 Å². The molecule has 3 aromatic rings. The maximum absolute atomic E-state index is 12.8. The summed E-state index contributed by atoms with van der Waals surface area (Å²) in [6.07, 6.45) is 1.74. The van der Waals surface area contributed by atoms with E-state index in [1.807, 2.05) is 24.3 Å². The third-order valence-electron chi connectivity index (χ3n) is 4.99. The molecule has 1 aliphatic rings. The lowest BCUT2D eigenvalue weighted by Gasteiger charge is -2.19. The predicted octanol–water partition coefficient (Wildman–Crippen LogP) is 3.01. The smallest absolute Gasteiger partial charge is 0.339 e. The summed E-state index contributed by atoms with van der Waals surface area (Å²) in [5.41, 5.74) is 2.05. The second-order valence-electron chi connectivity index (χ2n) is 6.78. The molecule has 1 atom stereocenters. The fourth-order valence-electron chi connectivity index (χ4n) is 3.55. The number of benzene rings is 2. The van der Waals surface area contributed by atoms with Crippen molar-refractivity contribution in [2.45, 2.75) is 6.42 Å². The van der Waals surface area contributed by atoms with Crippen LogP contribution in [0.5, 0.6) is 0 Å². The molecule has 0 aliphatic carbocycles. The summed E-state index contributed by atoms with van der Waals surface area (Å²) < 4.78 is 4.80. The average Bonchev–Trinajstić information content (AvgIpc) is 3.15. The van der Waals surface area contributed by atoms with Crippen LogP contribution in [-0.2, 0) is 14.3 Å². The Morgan fingerprint density at radius 2 is 1.90 bits per heavy atom. The van der Waals surface area contributed by atoms with Gasteiger partial charge in [-0.2, -0.15) is 0 Å². The van der Waals surface area contributed by atoms with Gasteiger partial charge < -0.3 is 15.0 Å². The molecule has 0 bridgehead atoms. The van der Waals surface area contributed by atoms with Crippen molar-refractivity contribution in [3.8, 4) is 0 Å². The summed E-state index contributed by atoms with van der Waals surface area (Å²) in [6.45, 7) is 0.191. The van der Waals surface area contributed by atoms with Crippen LogP contribution in [0.1, 0.15) is 16.8 Å². The van der Waals surface area contributed by atoms with Crippen LogP contribution in [0.3, 0.4) is 0 Å². The second-order valence-corrected chi connectivity index (χ2v) is 6.78. The van der Waals surface area contributed by atoms with Crippen LogP contribution in [0.15, 0.2) is 60.8 Å². The number of ether oxygens (including phenoxy) is 1. The molecule has 0 spiro atoms. The molecule has 0 saturated carbocycles. The van der Waals surface area contributed by atoms with Gasteiger partial charge in [0.25, 0.3) is 0 Å². The van der Waals surface area contributed by atoms with Crippen LogP contribution in [0, 0.1) is 5.92 Å². The molecular weight excluding hydrogens is 370 g/mol. The lowest BCUT2D eigenvalue weighted by molar-refractivity contribution is -0.122. The lowest BCUT2D eigenvalue weighted by atomic mass is 10.1. The SMILES string of the molecule is COC(=O)c1ccccc1N1CC(C(=O)Nc2cccc3cccnc23)CC1=O. The quantitative estimate of drug-likeness (QED) is 0.693. The molecule has 1 saturated heterocycles. The van der Waals surface area contributed by atoms with Crippen molar-refractivity contribution in [1.29, 1.82) is 0 Å². The summed E-state index contributed by atoms with van der Waals surface area (Å²) in [6, 6.07) is 16.0. The van der Waals surface area contributed by atoms with E-state index < -0.39 is 11.9 Å². The van der Waals surface area contributed by atoms with Crippen LogP contribution < -0.4 is 10.2 Å². The van der Waals surface area contributed by atoms with Gasteiger partial charge in [-0.1, -0.05) is 30.3 Å². The minimum absolute atomic E-state index is 0.0690. The van der Waals surface area contributed by atoms with Crippen LogP contribution in [-0.4, -0.2) is 36.4 Å². The van der Waals surface area contributed by atoms with Gasteiger partial charge in [0.05, 0.1) is 35.5 Å². The predicted molar refractivity (Wildman–Crippen MR) is 109 cm³/mol. The molecule has 2 aromatic carbocycles. The van der Waals surface area contributed by atoms with Gasteiger partial charge in [-0.15, -0.1) is 0 Å². The van der Waals surface area contributed by atoms with Gasteiger partial charge >= 0.3 is 5.97 Å². The molecule has 1 aliphatic heterocycles. The van der Waals surface area contributed by atoms with Crippen molar-refractivity contribution in [3.63, 3.8) is 0 Å². The minimum atomic E-state index is -0.535. The summed E-state index contributed by atoms with van der Waals surface area (Å²) in [5.74, 6) is -1.53. The minimum Gasteiger partial charge on any atom is -0.465 e. The number of nitrogens with one attached hydrogen (secondary N) is 1. The van der Waals surface area contributed by atoms with Crippen molar-refractivity contribution < 1.29 is 19.1 Å². The molecule has 0 radical (unpaired) electrons. The highest BCUT2D eigenvalue weighted by Gasteiger charge is 2.36. The number of carbonyl (C=O) groups is 3. The molecular formula is C22H19N3O4. The Morgan fingerprint density at radius 3 is 2.72 bits per heavy atom. The molecule has 2 amide bonds. The first-order valence-electron chi connectivity index (χ1n) is 9.21. The fraction of sp³-hybridized carbons (Fsp3) is 0.182. The van der Waals surface area contributed by atoms with Gasteiger partial charge in [0.1, 0.15) is 0 Å². The first kappa shape index (κ1) is 18.6. The number of aromatic nitrogens is 1. The molecule has 2 heterocycles. The number of hydrogen-bond acceptors (Lipinski definition) is 5. The highest BCUT2D eigenvalue weighted by Crippen LogP contribution is 2.30. The normalized spacial score (nSPS) is 16.1. The number of fused-ring (bicyclic) bond motifs is 1. The van der Waals surface area contributed by atoms with Crippen LogP contribution in [0.2, 0.25) is 0 Å². The summed E-state index contributed by atoms with van der Waals surface area (Å²) in [7, 11) is 1.29. The van der Waals surface area contributed by atoms with E-state index in [2.05, 4.69) is 10.3 Å². The van der Waals surface area contributed by atoms with Crippen molar-refractivity contribution >= 4 is 40.1 Å². The van der Waals surface area contributed by atoms with Gasteiger partial charge in [-0.05, 0) is 24.3 Å². The number of rotatable bonds is 4.